The third kappa shape index (κ3) is 3.65. The maximum absolute atomic E-state index is 13.0. The minimum Gasteiger partial charge on any atom is -0.355 e. The molecule has 0 aromatic carbocycles. The molecule has 2 heterocycles. The number of nitrogens with zero attached hydrogens (tertiary/aromatic N) is 2. The molecule has 2 atom stereocenters. The normalized spacial score (nSPS) is 25.6. The molecule has 27 heavy (non-hydrogen) atoms. The van der Waals surface area contributed by atoms with Crippen molar-refractivity contribution in [1.29, 1.82) is 0 Å². The van der Waals surface area contributed by atoms with Crippen molar-refractivity contribution in [3.63, 3.8) is 0 Å². The van der Waals surface area contributed by atoms with E-state index in [1.165, 1.54) is 0 Å². The van der Waals surface area contributed by atoms with Crippen LogP contribution in [0.5, 0.6) is 0 Å². The molecule has 9 nitrogen and oxygen atoms in total. The van der Waals surface area contributed by atoms with Crippen molar-refractivity contribution in [3.05, 3.63) is 0 Å². The first-order valence-electron chi connectivity index (χ1n) is 9.82. The zero-order valence-corrected chi connectivity index (χ0v) is 15.8. The first kappa shape index (κ1) is 19.6. The van der Waals surface area contributed by atoms with E-state index in [9.17, 15) is 19.2 Å². The van der Waals surface area contributed by atoms with E-state index < -0.39 is 17.6 Å². The van der Waals surface area contributed by atoms with Crippen LogP contribution in [0.1, 0.15) is 45.4 Å². The molecule has 150 valence electrons. The first-order valence-corrected chi connectivity index (χ1v) is 9.82. The summed E-state index contributed by atoms with van der Waals surface area (Å²) < 4.78 is 0. The second-order valence-corrected chi connectivity index (χ2v) is 7.77. The Morgan fingerprint density at radius 1 is 1.30 bits per heavy atom. The average Bonchev–Trinajstić information content (AvgIpc) is 3.23. The largest absolute Gasteiger partial charge is 0.355 e. The predicted molar refractivity (Wildman–Crippen MR) is 97.4 cm³/mol. The Kier molecular flexibility index (Phi) is 5.69. The number of carbonyl (C=O) groups excluding carboxylic acids is 4. The molecule has 1 spiro atoms. The molecular formula is C18H29N5O4. The lowest BCUT2D eigenvalue weighted by molar-refractivity contribution is -0.145. The van der Waals surface area contributed by atoms with Gasteiger partial charge in [0.1, 0.15) is 11.6 Å². The molecule has 0 aromatic rings. The van der Waals surface area contributed by atoms with Crippen molar-refractivity contribution >= 4 is 23.8 Å². The van der Waals surface area contributed by atoms with Gasteiger partial charge in [0.15, 0.2) is 0 Å². The summed E-state index contributed by atoms with van der Waals surface area (Å²) in [4.78, 5) is 53.1. The highest BCUT2D eigenvalue weighted by molar-refractivity contribution is 6.10. The molecular weight excluding hydrogens is 350 g/mol. The molecule has 9 heteroatoms. The van der Waals surface area contributed by atoms with Gasteiger partial charge in [0, 0.05) is 26.2 Å². The fourth-order valence-corrected chi connectivity index (χ4v) is 4.42. The third-order valence-electron chi connectivity index (χ3n) is 5.94. The molecule has 3 aliphatic rings. The van der Waals surface area contributed by atoms with E-state index in [0.29, 0.717) is 51.9 Å². The Bertz CT molecular complexity index is 631. The number of nitrogens with two attached hydrogens (primary N) is 1. The van der Waals surface area contributed by atoms with Crippen LogP contribution < -0.4 is 16.4 Å². The molecule has 4 N–H and O–H groups in total. The van der Waals surface area contributed by atoms with Crippen LogP contribution in [0.4, 0.5) is 4.79 Å². The molecule has 1 aliphatic carbocycles. The van der Waals surface area contributed by atoms with Gasteiger partial charge in [-0.3, -0.25) is 14.4 Å². The summed E-state index contributed by atoms with van der Waals surface area (Å²) in [6.07, 6.45) is 4.47. The Labute approximate surface area is 159 Å². The number of likely N-dealkylation sites (tertiary alicyclic amines) is 1. The van der Waals surface area contributed by atoms with Gasteiger partial charge in [-0.2, -0.15) is 0 Å². The zero-order chi connectivity index (χ0) is 19.6. The minimum atomic E-state index is -0.872. The topological polar surface area (TPSA) is 125 Å². The molecule has 1 saturated carbocycles. The first-order chi connectivity index (χ1) is 12.9. The Morgan fingerprint density at radius 2 is 2.00 bits per heavy atom. The third-order valence-corrected chi connectivity index (χ3v) is 5.94. The Balaban J connectivity index is 1.65. The van der Waals surface area contributed by atoms with Gasteiger partial charge >= 0.3 is 6.03 Å². The van der Waals surface area contributed by atoms with Crippen molar-refractivity contribution in [2.75, 3.05) is 26.2 Å². The summed E-state index contributed by atoms with van der Waals surface area (Å²) >= 11 is 0. The van der Waals surface area contributed by atoms with E-state index in [0.717, 1.165) is 17.7 Å². The van der Waals surface area contributed by atoms with E-state index >= 15 is 0 Å². The van der Waals surface area contributed by atoms with E-state index in [1.807, 2.05) is 0 Å². The van der Waals surface area contributed by atoms with E-state index in [1.54, 1.807) is 11.8 Å². The highest BCUT2D eigenvalue weighted by Gasteiger charge is 2.55. The van der Waals surface area contributed by atoms with Gasteiger partial charge in [-0.25, -0.2) is 9.69 Å². The van der Waals surface area contributed by atoms with Crippen molar-refractivity contribution in [2.45, 2.75) is 57.0 Å². The quantitative estimate of drug-likeness (QED) is 0.558. The maximum Gasteiger partial charge on any atom is 0.325 e. The van der Waals surface area contributed by atoms with Crippen molar-refractivity contribution < 1.29 is 19.2 Å². The number of hydrogen-bond acceptors (Lipinski definition) is 5. The molecule has 2 saturated heterocycles. The summed E-state index contributed by atoms with van der Waals surface area (Å²) in [5.41, 5.74) is 4.59. The molecule has 2 unspecified atom stereocenters. The summed E-state index contributed by atoms with van der Waals surface area (Å²) in [6.45, 7) is 3.19. The minimum absolute atomic E-state index is 0.106. The molecule has 3 rings (SSSR count). The number of imide groups is 1. The number of carbonyl (C=O) groups is 4. The molecule has 0 aromatic heterocycles. The van der Waals surface area contributed by atoms with Gasteiger partial charge in [-0.05, 0) is 32.6 Å². The fourth-order valence-electron chi connectivity index (χ4n) is 4.42. The van der Waals surface area contributed by atoms with Crippen LogP contribution in [0.2, 0.25) is 0 Å². The lowest BCUT2D eigenvalue weighted by atomic mass is 9.96. The maximum atomic E-state index is 13.0. The van der Waals surface area contributed by atoms with Crippen LogP contribution in [0.15, 0.2) is 0 Å². The summed E-state index contributed by atoms with van der Waals surface area (Å²) in [7, 11) is 0. The highest BCUT2D eigenvalue weighted by Crippen LogP contribution is 2.36. The Hall–Kier alpha value is -2.16. The van der Waals surface area contributed by atoms with Gasteiger partial charge in [0.25, 0.3) is 5.91 Å². The van der Waals surface area contributed by atoms with E-state index in [2.05, 4.69) is 10.6 Å². The average molecular weight is 379 g/mol. The van der Waals surface area contributed by atoms with Gasteiger partial charge < -0.3 is 21.3 Å². The second kappa shape index (κ2) is 7.84. The second-order valence-electron chi connectivity index (χ2n) is 7.77. The van der Waals surface area contributed by atoms with Crippen LogP contribution in [0, 0.1) is 5.92 Å². The van der Waals surface area contributed by atoms with Crippen LogP contribution in [0.25, 0.3) is 0 Å². The molecule has 5 amide bonds. The number of piperidine rings is 1. The number of nitrogens with one attached hydrogen (secondary N) is 2. The Morgan fingerprint density at radius 3 is 2.67 bits per heavy atom. The molecule has 0 bridgehead atoms. The van der Waals surface area contributed by atoms with Crippen molar-refractivity contribution in [3.8, 4) is 0 Å². The van der Waals surface area contributed by atoms with Gasteiger partial charge in [0.05, 0.1) is 5.92 Å². The van der Waals surface area contributed by atoms with E-state index in [-0.39, 0.29) is 23.6 Å². The zero-order valence-electron chi connectivity index (χ0n) is 15.8. The van der Waals surface area contributed by atoms with Crippen molar-refractivity contribution in [1.82, 2.24) is 20.4 Å². The lowest BCUT2D eigenvalue weighted by Crippen LogP contribution is -2.54. The highest BCUT2D eigenvalue weighted by atomic mass is 16.2. The predicted octanol–water partition coefficient (Wildman–Crippen LogP) is -0.447. The van der Waals surface area contributed by atoms with Crippen LogP contribution >= 0.6 is 0 Å². The monoisotopic (exact) mass is 379 g/mol. The number of hydrogen-bond donors (Lipinski definition) is 3. The number of amides is 5. The molecule has 0 radical (unpaired) electrons. The van der Waals surface area contributed by atoms with Crippen LogP contribution in [-0.4, -0.2) is 71.3 Å². The van der Waals surface area contributed by atoms with Gasteiger partial charge in [0.2, 0.25) is 11.8 Å². The van der Waals surface area contributed by atoms with Gasteiger partial charge in [-0.1, -0.05) is 12.8 Å². The molecule has 3 fully saturated rings. The summed E-state index contributed by atoms with van der Waals surface area (Å²) in [5.74, 6) is -0.971. The lowest BCUT2D eigenvalue weighted by Gasteiger charge is -2.35. The van der Waals surface area contributed by atoms with Crippen LogP contribution in [0.3, 0.4) is 0 Å². The number of rotatable bonds is 5. The van der Waals surface area contributed by atoms with Crippen LogP contribution in [-0.2, 0) is 14.4 Å². The van der Waals surface area contributed by atoms with E-state index in [4.69, 9.17) is 5.73 Å². The summed E-state index contributed by atoms with van der Waals surface area (Å²) in [5, 5.41) is 5.57. The smallest absolute Gasteiger partial charge is 0.325 e. The SMILES string of the molecule is CC(C(=O)N1CCCC(C(=O)NCCN)C1)N1C(=O)NC2(CCCC2)C1=O. The van der Waals surface area contributed by atoms with Crippen molar-refractivity contribution in [2.24, 2.45) is 11.7 Å². The number of urea groups is 1. The van der Waals surface area contributed by atoms with Gasteiger partial charge in [-0.15, -0.1) is 0 Å². The standard InChI is InChI=1S/C18H29N5O4/c1-12(23-16(26)18(21-17(23)27)6-2-3-7-18)15(25)22-10-4-5-13(11-22)14(24)20-9-8-19/h12-13H,2-11,19H2,1H3,(H,20,24)(H,21,27). The molecule has 2 aliphatic heterocycles. The summed E-state index contributed by atoms with van der Waals surface area (Å²) in [6, 6.07) is -1.36. The fraction of sp³-hybridized carbons (Fsp3) is 0.778.